The maximum atomic E-state index is 14.7. The SMILES string of the molecule is CCc1ccc(-c2cc(CCC(C)CC)c(O)c3c2C[C@]2(C)C[C@]4(C)C(C(C)C)C(O)=C(C(C)=O)C(=O)[C@]4(O)C(O)=C2C3=O)cc1. The van der Waals surface area contributed by atoms with Gasteiger partial charge in [0.25, 0.3) is 0 Å². The number of benzene rings is 2. The summed E-state index contributed by atoms with van der Waals surface area (Å²) in [6.07, 6.45) is 3.52. The molecule has 246 valence electrons. The van der Waals surface area contributed by atoms with Crippen molar-refractivity contribution in [1.82, 2.24) is 0 Å². The number of phenols is 1. The Kier molecular flexibility index (Phi) is 8.42. The molecule has 5 atom stereocenters. The number of rotatable bonds is 8. The fraction of sp³-hybridized carbons (Fsp3) is 0.513. The molecule has 0 radical (unpaired) electrons. The van der Waals surface area contributed by atoms with Gasteiger partial charge < -0.3 is 20.4 Å². The Labute approximate surface area is 272 Å². The third-order valence-electron chi connectivity index (χ3n) is 11.4. The number of aliphatic hydroxyl groups is 3. The van der Waals surface area contributed by atoms with Gasteiger partial charge in [0.15, 0.2) is 17.2 Å². The van der Waals surface area contributed by atoms with E-state index in [2.05, 4.69) is 32.9 Å². The molecule has 0 amide bonds. The van der Waals surface area contributed by atoms with Gasteiger partial charge in [0, 0.05) is 22.3 Å². The second-order valence-corrected chi connectivity index (χ2v) is 14.9. The zero-order valence-electron chi connectivity index (χ0n) is 28.4. The second kappa shape index (κ2) is 11.5. The highest BCUT2D eigenvalue weighted by Gasteiger charge is 2.71. The van der Waals surface area contributed by atoms with Crippen molar-refractivity contribution in [2.45, 2.75) is 99.5 Å². The van der Waals surface area contributed by atoms with Crippen LogP contribution in [-0.4, -0.2) is 43.4 Å². The number of ketones is 3. The molecule has 0 saturated carbocycles. The van der Waals surface area contributed by atoms with Gasteiger partial charge in [0.05, 0.1) is 5.56 Å². The van der Waals surface area contributed by atoms with Crippen molar-refractivity contribution < 1.29 is 34.8 Å². The third-order valence-corrected chi connectivity index (χ3v) is 11.4. The zero-order chi connectivity index (χ0) is 34.1. The monoisotopic (exact) mass is 628 g/mol. The number of carbonyl (C=O) groups excluding carboxylic acids is 3. The second-order valence-electron chi connectivity index (χ2n) is 14.9. The van der Waals surface area contributed by atoms with Gasteiger partial charge in [-0.15, -0.1) is 0 Å². The van der Waals surface area contributed by atoms with Gasteiger partial charge in [-0.3, -0.25) is 14.4 Å². The van der Waals surface area contributed by atoms with Crippen molar-refractivity contribution in [1.29, 1.82) is 0 Å². The molecule has 0 spiro atoms. The minimum atomic E-state index is -2.63. The van der Waals surface area contributed by atoms with Crippen LogP contribution in [0.1, 0.15) is 102 Å². The molecule has 3 aliphatic rings. The number of aliphatic hydroxyl groups excluding tert-OH is 2. The van der Waals surface area contributed by atoms with E-state index in [0.29, 0.717) is 23.5 Å². The fourth-order valence-electron chi connectivity index (χ4n) is 8.83. The average Bonchev–Trinajstić information content (AvgIpc) is 2.98. The van der Waals surface area contributed by atoms with Crippen LogP contribution < -0.4 is 0 Å². The highest BCUT2D eigenvalue weighted by atomic mass is 16.3. The Bertz CT molecular complexity index is 1690. The van der Waals surface area contributed by atoms with E-state index in [1.165, 1.54) is 5.56 Å². The van der Waals surface area contributed by atoms with E-state index in [1.807, 2.05) is 39.0 Å². The van der Waals surface area contributed by atoms with Gasteiger partial charge in [-0.25, -0.2) is 0 Å². The van der Waals surface area contributed by atoms with E-state index in [-0.39, 0.29) is 41.4 Å². The molecule has 0 heterocycles. The topological polar surface area (TPSA) is 132 Å². The number of aryl methyl sites for hydroxylation is 2. The molecule has 2 aromatic carbocycles. The predicted molar refractivity (Wildman–Crippen MR) is 178 cm³/mol. The first kappa shape index (κ1) is 33.6. The van der Waals surface area contributed by atoms with Crippen molar-refractivity contribution in [3.05, 3.63) is 75.3 Å². The lowest BCUT2D eigenvalue weighted by molar-refractivity contribution is -0.171. The number of phenolic OH excluding ortho intramolecular Hbond substituents is 1. The normalized spacial score (nSPS) is 28.3. The molecule has 2 unspecified atom stereocenters. The molecule has 7 nitrogen and oxygen atoms in total. The molecule has 0 aromatic heterocycles. The summed E-state index contributed by atoms with van der Waals surface area (Å²) >= 11 is 0. The predicted octanol–water partition coefficient (Wildman–Crippen LogP) is 7.55. The van der Waals surface area contributed by atoms with E-state index >= 15 is 0 Å². The summed E-state index contributed by atoms with van der Waals surface area (Å²) in [5.74, 6) is -4.56. The Hall–Kier alpha value is -3.71. The van der Waals surface area contributed by atoms with Crippen molar-refractivity contribution in [2.24, 2.45) is 28.6 Å². The first-order chi connectivity index (χ1) is 21.5. The third kappa shape index (κ3) is 4.68. The van der Waals surface area contributed by atoms with E-state index in [9.17, 15) is 34.8 Å². The van der Waals surface area contributed by atoms with Crippen LogP contribution >= 0.6 is 0 Å². The van der Waals surface area contributed by atoms with Gasteiger partial charge in [-0.1, -0.05) is 79.2 Å². The molecule has 4 N–H and O–H groups in total. The smallest absolute Gasteiger partial charge is 0.209 e. The van der Waals surface area contributed by atoms with Gasteiger partial charge in [-0.2, -0.15) is 0 Å². The molecular formula is C39H48O7. The molecule has 0 saturated heterocycles. The number of hydrogen-bond donors (Lipinski definition) is 4. The van der Waals surface area contributed by atoms with E-state index in [0.717, 1.165) is 37.3 Å². The minimum Gasteiger partial charge on any atom is -0.511 e. The number of fused-ring (bicyclic) bond motifs is 3. The van der Waals surface area contributed by atoms with Crippen molar-refractivity contribution in [3.8, 4) is 16.9 Å². The van der Waals surface area contributed by atoms with Crippen LogP contribution in [0.4, 0.5) is 0 Å². The van der Waals surface area contributed by atoms with Crippen molar-refractivity contribution in [3.63, 3.8) is 0 Å². The van der Waals surface area contributed by atoms with Crippen LogP contribution in [0.15, 0.2) is 53.0 Å². The summed E-state index contributed by atoms with van der Waals surface area (Å²) in [4.78, 5) is 41.4. The van der Waals surface area contributed by atoms with Crippen LogP contribution in [0.25, 0.3) is 11.1 Å². The number of carbonyl (C=O) groups is 3. The van der Waals surface area contributed by atoms with Crippen LogP contribution in [0.5, 0.6) is 5.75 Å². The summed E-state index contributed by atoms with van der Waals surface area (Å²) in [7, 11) is 0. The van der Waals surface area contributed by atoms with Gasteiger partial charge in [0.1, 0.15) is 22.8 Å². The number of hydrogen-bond acceptors (Lipinski definition) is 7. The van der Waals surface area contributed by atoms with E-state index in [1.54, 1.807) is 6.92 Å². The molecule has 0 bridgehead atoms. The van der Waals surface area contributed by atoms with Crippen LogP contribution in [0.2, 0.25) is 0 Å². The van der Waals surface area contributed by atoms with Crippen molar-refractivity contribution >= 4 is 17.3 Å². The van der Waals surface area contributed by atoms with Gasteiger partial charge in [0.2, 0.25) is 5.78 Å². The molecule has 7 heteroatoms. The quantitative estimate of drug-likeness (QED) is 0.222. The summed E-state index contributed by atoms with van der Waals surface area (Å²) < 4.78 is 0. The molecule has 46 heavy (non-hydrogen) atoms. The maximum absolute atomic E-state index is 14.7. The molecule has 0 aliphatic heterocycles. The average molecular weight is 629 g/mol. The van der Waals surface area contributed by atoms with Crippen LogP contribution in [-0.2, 0) is 28.9 Å². The lowest BCUT2D eigenvalue weighted by atomic mass is 9.44. The number of Topliss-reactive ketones (excluding diaryl/α,β-unsaturated/α-hetero) is 3. The highest BCUT2D eigenvalue weighted by Crippen LogP contribution is 2.65. The first-order valence-electron chi connectivity index (χ1n) is 16.7. The molecular weight excluding hydrogens is 580 g/mol. The van der Waals surface area contributed by atoms with E-state index < -0.39 is 51.0 Å². The fourth-order valence-corrected chi connectivity index (χ4v) is 8.83. The molecule has 0 fully saturated rings. The maximum Gasteiger partial charge on any atom is 0.209 e. The van der Waals surface area contributed by atoms with E-state index in [4.69, 9.17) is 0 Å². The highest BCUT2D eigenvalue weighted by molar-refractivity contribution is 6.25. The summed E-state index contributed by atoms with van der Waals surface area (Å²) in [5, 5.41) is 47.5. The largest absolute Gasteiger partial charge is 0.511 e. The summed E-state index contributed by atoms with van der Waals surface area (Å²) in [6.45, 7) is 14.6. The minimum absolute atomic E-state index is 0.0651. The van der Waals surface area contributed by atoms with Crippen LogP contribution in [0.3, 0.4) is 0 Å². The summed E-state index contributed by atoms with van der Waals surface area (Å²) in [5.41, 5.74) is -1.55. The lowest BCUT2D eigenvalue weighted by Crippen LogP contribution is -2.67. The molecule has 2 aromatic rings. The Morgan fingerprint density at radius 3 is 2.20 bits per heavy atom. The number of allylic oxidation sites excluding steroid dienone is 2. The van der Waals surface area contributed by atoms with Gasteiger partial charge >= 0.3 is 0 Å². The van der Waals surface area contributed by atoms with Crippen molar-refractivity contribution in [2.75, 3.05) is 0 Å². The molecule has 5 rings (SSSR count). The Morgan fingerprint density at radius 1 is 1.02 bits per heavy atom. The summed E-state index contributed by atoms with van der Waals surface area (Å²) in [6, 6.07) is 10.2. The molecule has 3 aliphatic carbocycles. The standard InChI is InChI=1S/C39H48O7/c1-9-21(5)11-14-25-17-26(24-15-12-23(10-2)13-16-24)27-18-37(7)19-38(8)30(20(3)4)33(42)28(22(6)40)35(44)39(38,46)36(45)31(37)34(43)29(27)32(25)41/h12-13,15-17,20-21,30,41-42,45-46H,9-11,14,18-19H2,1-8H3/t21?,30?,37-,38-,39+/m1/s1. The van der Waals surface area contributed by atoms with Crippen LogP contribution in [0, 0.1) is 28.6 Å². The lowest BCUT2D eigenvalue weighted by Gasteiger charge is -2.59. The number of aromatic hydroxyl groups is 1. The zero-order valence-corrected chi connectivity index (χ0v) is 28.4. The Balaban J connectivity index is 1.80. The van der Waals surface area contributed by atoms with Gasteiger partial charge in [-0.05, 0) is 84.7 Å². The first-order valence-corrected chi connectivity index (χ1v) is 16.7. The Morgan fingerprint density at radius 2 is 1.65 bits per heavy atom.